The van der Waals surface area contributed by atoms with Gasteiger partial charge in [-0.3, -0.25) is 9.59 Å². The standard InChI is InChI=1S/C29H26N2O4/c1-34-26-12-6-10-22-23(26)15-16-25(22)31-17-7-11-24(29(31)33)28(32)30-20-13-14-21(27(18-20)35-2)19-8-4-3-5-9-19/h3-14,17-18,25H,15-16H2,1-2H3,(H,30,32). The Hall–Kier alpha value is -4.32. The van der Waals surface area contributed by atoms with E-state index in [4.69, 9.17) is 9.47 Å². The lowest BCUT2D eigenvalue weighted by Gasteiger charge is -2.17. The first-order valence-corrected chi connectivity index (χ1v) is 11.5. The molecule has 35 heavy (non-hydrogen) atoms. The summed E-state index contributed by atoms with van der Waals surface area (Å²) < 4.78 is 12.7. The molecule has 1 atom stereocenters. The lowest BCUT2D eigenvalue weighted by atomic mass is 10.0. The van der Waals surface area contributed by atoms with Crippen molar-refractivity contribution in [3.8, 4) is 22.6 Å². The summed E-state index contributed by atoms with van der Waals surface area (Å²) in [5.74, 6) is 1.01. The number of nitrogens with one attached hydrogen (secondary N) is 1. The van der Waals surface area contributed by atoms with Crippen LogP contribution < -0.4 is 20.3 Å². The number of hydrogen-bond donors (Lipinski definition) is 1. The van der Waals surface area contributed by atoms with Gasteiger partial charge >= 0.3 is 0 Å². The lowest BCUT2D eigenvalue weighted by molar-refractivity contribution is 0.102. The van der Waals surface area contributed by atoms with Gasteiger partial charge in [-0.05, 0) is 59.9 Å². The number of amides is 1. The van der Waals surface area contributed by atoms with E-state index in [0.29, 0.717) is 11.4 Å². The highest BCUT2D eigenvalue weighted by molar-refractivity contribution is 6.04. The molecule has 1 aromatic heterocycles. The summed E-state index contributed by atoms with van der Waals surface area (Å²) in [6.07, 6.45) is 3.34. The van der Waals surface area contributed by atoms with E-state index in [2.05, 4.69) is 5.32 Å². The first-order valence-electron chi connectivity index (χ1n) is 11.5. The molecule has 1 amide bonds. The van der Waals surface area contributed by atoms with Gasteiger partial charge in [0.05, 0.1) is 20.3 Å². The number of rotatable bonds is 6. The second-order valence-corrected chi connectivity index (χ2v) is 8.45. The number of fused-ring (bicyclic) bond motifs is 1. The van der Waals surface area contributed by atoms with E-state index < -0.39 is 5.91 Å². The molecule has 6 heteroatoms. The molecule has 176 valence electrons. The topological polar surface area (TPSA) is 69.6 Å². The SMILES string of the molecule is COc1cc(NC(=O)c2cccn(C3CCc4c(OC)cccc43)c2=O)ccc1-c1ccccc1. The lowest BCUT2D eigenvalue weighted by Crippen LogP contribution is -2.31. The zero-order chi connectivity index (χ0) is 24.4. The third kappa shape index (κ3) is 4.19. The fourth-order valence-corrected chi connectivity index (χ4v) is 4.83. The maximum Gasteiger partial charge on any atom is 0.263 e. The van der Waals surface area contributed by atoms with Gasteiger partial charge in [0.2, 0.25) is 0 Å². The molecule has 0 fully saturated rings. The van der Waals surface area contributed by atoms with Gasteiger partial charge in [0.25, 0.3) is 11.5 Å². The van der Waals surface area contributed by atoms with Gasteiger partial charge in [-0.2, -0.15) is 0 Å². The first kappa shape index (κ1) is 22.5. The minimum atomic E-state index is -0.456. The van der Waals surface area contributed by atoms with Crippen molar-refractivity contribution in [1.29, 1.82) is 0 Å². The van der Waals surface area contributed by atoms with Gasteiger partial charge in [-0.25, -0.2) is 0 Å². The molecular formula is C29H26N2O4. The molecule has 5 rings (SSSR count). The molecule has 6 nitrogen and oxygen atoms in total. The Morgan fingerprint density at radius 1 is 0.914 bits per heavy atom. The minimum Gasteiger partial charge on any atom is -0.496 e. The summed E-state index contributed by atoms with van der Waals surface area (Å²) in [5, 5.41) is 2.86. The number of anilines is 1. The number of carbonyl (C=O) groups is 1. The second kappa shape index (κ2) is 9.50. The molecule has 0 saturated carbocycles. The van der Waals surface area contributed by atoms with Gasteiger partial charge < -0.3 is 19.4 Å². The Morgan fingerprint density at radius 2 is 1.71 bits per heavy atom. The highest BCUT2D eigenvalue weighted by atomic mass is 16.5. The Labute approximate surface area is 203 Å². The Morgan fingerprint density at radius 3 is 2.49 bits per heavy atom. The van der Waals surface area contributed by atoms with Gasteiger partial charge in [0.15, 0.2) is 0 Å². The molecule has 0 bridgehead atoms. The normalized spacial score (nSPS) is 14.3. The van der Waals surface area contributed by atoms with Crippen molar-refractivity contribution in [2.75, 3.05) is 19.5 Å². The summed E-state index contributed by atoms with van der Waals surface area (Å²) in [4.78, 5) is 26.5. The number of aromatic nitrogens is 1. The molecule has 4 aromatic rings. The van der Waals surface area contributed by atoms with E-state index in [1.807, 2.05) is 60.7 Å². The van der Waals surface area contributed by atoms with Crippen LogP contribution in [0.25, 0.3) is 11.1 Å². The van der Waals surface area contributed by atoms with Crippen molar-refractivity contribution in [2.45, 2.75) is 18.9 Å². The minimum absolute atomic E-state index is 0.0925. The number of hydrogen-bond acceptors (Lipinski definition) is 4. The van der Waals surface area contributed by atoms with E-state index in [1.54, 1.807) is 43.2 Å². The summed E-state index contributed by atoms with van der Waals surface area (Å²) in [6.45, 7) is 0. The monoisotopic (exact) mass is 466 g/mol. The highest BCUT2D eigenvalue weighted by Gasteiger charge is 2.28. The summed E-state index contributed by atoms with van der Waals surface area (Å²) in [6, 6.07) is 24.4. The number of benzene rings is 3. The predicted molar refractivity (Wildman–Crippen MR) is 137 cm³/mol. The van der Waals surface area contributed by atoms with Gasteiger partial charge in [-0.15, -0.1) is 0 Å². The van der Waals surface area contributed by atoms with E-state index in [0.717, 1.165) is 40.8 Å². The number of carbonyl (C=O) groups excluding carboxylic acids is 1. The Kier molecular flexibility index (Phi) is 6.10. The van der Waals surface area contributed by atoms with Crippen LogP contribution in [0.4, 0.5) is 5.69 Å². The van der Waals surface area contributed by atoms with E-state index in [-0.39, 0.29) is 17.2 Å². The fraction of sp³-hybridized carbons (Fsp3) is 0.172. The largest absolute Gasteiger partial charge is 0.496 e. The molecule has 1 aliphatic carbocycles. The van der Waals surface area contributed by atoms with E-state index in [9.17, 15) is 9.59 Å². The van der Waals surface area contributed by atoms with Crippen LogP contribution in [-0.2, 0) is 6.42 Å². The molecule has 0 aliphatic heterocycles. The van der Waals surface area contributed by atoms with Crippen molar-refractivity contribution in [3.05, 3.63) is 112 Å². The molecule has 0 saturated heterocycles. The summed E-state index contributed by atoms with van der Waals surface area (Å²) in [7, 11) is 3.25. The number of methoxy groups -OCH3 is 2. The van der Waals surface area contributed by atoms with Crippen molar-refractivity contribution >= 4 is 11.6 Å². The average molecular weight is 467 g/mol. The second-order valence-electron chi connectivity index (χ2n) is 8.45. The molecule has 0 radical (unpaired) electrons. The van der Waals surface area contributed by atoms with Crippen LogP contribution in [0.2, 0.25) is 0 Å². The van der Waals surface area contributed by atoms with Crippen molar-refractivity contribution in [1.82, 2.24) is 4.57 Å². The molecule has 1 N–H and O–H groups in total. The van der Waals surface area contributed by atoms with Gasteiger partial charge in [0.1, 0.15) is 17.1 Å². The molecule has 1 heterocycles. The van der Waals surface area contributed by atoms with Crippen LogP contribution in [0.5, 0.6) is 11.5 Å². The third-order valence-corrected chi connectivity index (χ3v) is 6.52. The molecule has 1 unspecified atom stereocenters. The average Bonchev–Trinajstić information content (AvgIpc) is 3.33. The van der Waals surface area contributed by atoms with E-state index >= 15 is 0 Å². The number of ether oxygens (including phenoxy) is 2. The van der Waals surface area contributed by atoms with Crippen LogP contribution in [0.1, 0.15) is 33.9 Å². The number of pyridine rings is 1. The molecule has 1 aliphatic rings. The maximum absolute atomic E-state index is 13.4. The smallest absolute Gasteiger partial charge is 0.263 e. The molecule has 0 spiro atoms. The quantitative estimate of drug-likeness (QED) is 0.418. The van der Waals surface area contributed by atoms with Crippen LogP contribution in [0.15, 0.2) is 89.9 Å². The predicted octanol–water partition coefficient (Wildman–Crippen LogP) is 5.32. The van der Waals surface area contributed by atoms with Gasteiger partial charge in [0, 0.05) is 23.5 Å². The zero-order valence-electron chi connectivity index (χ0n) is 19.7. The maximum atomic E-state index is 13.4. The zero-order valence-corrected chi connectivity index (χ0v) is 19.7. The van der Waals surface area contributed by atoms with Crippen molar-refractivity contribution < 1.29 is 14.3 Å². The number of nitrogens with zero attached hydrogens (tertiary/aromatic N) is 1. The van der Waals surface area contributed by atoms with Crippen molar-refractivity contribution in [3.63, 3.8) is 0 Å². The van der Waals surface area contributed by atoms with Crippen LogP contribution in [0, 0.1) is 0 Å². The Bertz CT molecular complexity index is 1440. The first-order chi connectivity index (χ1) is 17.1. The summed E-state index contributed by atoms with van der Waals surface area (Å²) >= 11 is 0. The van der Waals surface area contributed by atoms with Crippen LogP contribution in [-0.4, -0.2) is 24.7 Å². The summed E-state index contributed by atoms with van der Waals surface area (Å²) in [5.41, 5.74) is 4.44. The Balaban J connectivity index is 1.43. The van der Waals surface area contributed by atoms with Gasteiger partial charge in [-0.1, -0.05) is 42.5 Å². The molecule has 3 aromatic carbocycles. The van der Waals surface area contributed by atoms with Crippen LogP contribution >= 0.6 is 0 Å². The fourth-order valence-electron chi connectivity index (χ4n) is 4.83. The van der Waals surface area contributed by atoms with Crippen LogP contribution in [0.3, 0.4) is 0 Å². The van der Waals surface area contributed by atoms with Crippen molar-refractivity contribution in [2.24, 2.45) is 0 Å². The van der Waals surface area contributed by atoms with E-state index in [1.165, 1.54) is 0 Å². The molecular weight excluding hydrogens is 440 g/mol. The highest BCUT2D eigenvalue weighted by Crippen LogP contribution is 2.38. The third-order valence-electron chi connectivity index (χ3n) is 6.52.